The molecule has 0 aromatic rings. The van der Waals surface area contributed by atoms with Gasteiger partial charge in [0.05, 0.1) is 0 Å². The van der Waals surface area contributed by atoms with Crippen molar-refractivity contribution in [2.75, 3.05) is 0 Å². The van der Waals surface area contributed by atoms with Gasteiger partial charge in [0, 0.05) is 0 Å². The normalized spacial score (nSPS) is 27.8. The minimum absolute atomic E-state index is 0.462. The van der Waals surface area contributed by atoms with Crippen LogP contribution in [-0.4, -0.2) is 29.9 Å². The Bertz CT molecular complexity index is 157. The first-order valence-corrected chi connectivity index (χ1v) is 7.72. The van der Waals surface area contributed by atoms with E-state index in [9.17, 15) is 0 Å². The van der Waals surface area contributed by atoms with Crippen molar-refractivity contribution in [3.05, 3.63) is 20.0 Å². The van der Waals surface area contributed by atoms with E-state index in [0.29, 0.717) is 29.9 Å². The molecule has 0 aromatic heterocycles. The maximum atomic E-state index is 5.60. The molecule has 1 rings (SSSR count). The van der Waals surface area contributed by atoms with Crippen LogP contribution in [0.2, 0.25) is 10.6 Å². The van der Waals surface area contributed by atoms with Crippen LogP contribution in [0.25, 0.3) is 0 Å². The number of hydrogen-bond donors (Lipinski definition) is 0. The summed E-state index contributed by atoms with van der Waals surface area (Å²) in [5, 5.41) is 2.45. The van der Waals surface area contributed by atoms with Gasteiger partial charge in [-0.3, -0.25) is 0 Å². The number of halogens is 2. The summed E-state index contributed by atoms with van der Waals surface area (Å²) in [4.78, 5) is 0. The fraction of sp³-hybridized carbons (Fsp3) is 0.333. The fourth-order valence-corrected chi connectivity index (χ4v) is 7.27. The minimum atomic E-state index is 0.462. The standard InChI is InChI=1S/C6H6Cl2Se2/c7-1-5-3-9-4-6(2-8)10-5/h1-2H,3-4H2/b5-1-,6-2+. The van der Waals surface area contributed by atoms with Crippen molar-refractivity contribution in [2.45, 2.75) is 10.6 Å². The van der Waals surface area contributed by atoms with E-state index in [2.05, 4.69) is 0 Å². The molecule has 0 radical (unpaired) electrons. The molecular formula is C6H6Cl2Se2. The molecule has 1 heterocycles. The van der Waals surface area contributed by atoms with Gasteiger partial charge in [-0.2, -0.15) is 0 Å². The monoisotopic (exact) mass is 308 g/mol. The van der Waals surface area contributed by atoms with Crippen molar-refractivity contribution in [3.8, 4) is 0 Å². The van der Waals surface area contributed by atoms with Gasteiger partial charge in [0.15, 0.2) is 0 Å². The molecule has 56 valence electrons. The molecule has 0 bridgehead atoms. The zero-order chi connectivity index (χ0) is 7.40. The van der Waals surface area contributed by atoms with Gasteiger partial charge in [-0.05, 0) is 0 Å². The molecule has 0 nitrogen and oxygen atoms in total. The van der Waals surface area contributed by atoms with Gasteiger partial charge < -0.3 is 0 Å². The summed E-state index contributed by atoms with van der Waals surface area (Å²) in [7, 11) is 0. The first-order chi connectivity index (χ1) is 4.86. The van der Waals surface area contributed by atoms with Crippen LogP contribution < -0.4 is 0 Å². The summed E-state index contributed by atoms with van der Waals surface area (Å²) in [5.41, 5.74) is 3.45. The molecule has 0 amide bonds. The third-order valence-electron chi connectivity index (χ3n) is 0.994. The molecule has 0 spiro atoms. The molecule has 0 saturated carbocycles. The van der Waals surface area contributed by atoms with Gasteiger partial charge in [-0.15, -0.1) is 0 Å². The van der Waals surface area contributed by atoms with Crippen molar-refractivity contribution in [2.24, 2.45) is 0 Å². The Morgan fingerprint density at radius 2 is 1.60 bits per heavy atom. The maximum absolute atomic E-state index is 5.60. The second kappa shape index (κ2) is 4.87. The second-order valence-corrected chi connectivity index (χ2v) is 6.88. The Labute approximate surface area is 83.3 Å². The van der Waals surface area contributed by atoms with E-state index >= 15 is 0 Å². The van der Waals surface area contributed by atoms with Crippen molar-refractivity contribution in [1.82, 2.24) is 0 Å². The molecule has 1 aliphatic heterocycles. The molecule has 10 heavy (non-hydrogen) atoms. The summed E-state index contributed by atoms with van der Waals surface area (Å²) in [6, 6.07) is 0. The van der Waals surface area contributed by atoms with Crippen molar-refractivity contribution < 1.29 is 0 Å². The molecule has 0 aliphatic carbocycles. The van der Waals surface area contributed by atoms with Crippen LogP contribution in [0, 0.1) is 0 Å². The predicted molar refractivity (Wildman–Crippen MR) is 49.0 cm³/mol. The fourth-order valence-electron chi connectivity index (χ4n) is 0.587. The van der Waals surface area contributed by atoms with Crippen LogP contribution >= 0.6 is 23.2 Å². The summed E-state index contributed by atoms with van der Waals surface area (Å²) in [5.74, 6) is 0. The number of allylic oxidation sites excluding steroid dienone is 2. The van der Waals surface area contributed by atoms with Gasteiger partial charge >= 0.3 is 83.8 Å². The molecule has 1 fully saturated rings. The summed E-state index contributed by atoms with van der Waals surface area (Å²) in [6.07, 6.45) is 0. The topological polar surface area (TPSA) is 0 Å². The van der Waals surface area contributed by atoms with Gasteiger partial charge in [0.2, 0.25) is 0 Å². The first-order valence-electron chi connectivity index (χ1n) is 2.71. The number of hydrogen-bond acceptors (Lipinski definition) is 0. The second-order valence-electron chi connectivity index (χ2n) is 1.75. The molecule has 4 heteroatoms. The van der Waals surface area contributed by atoms with Gasteiger partial charge in [0.25, 0.3) is 0 Å². The van der Waals surface area contributed by atoms with Crippen LogP contribution in [0.5, 0.6) is 0 Å². The van der Waals surface area contributed by atoms with Crippen molar-refractivity contribution >= 4 is 53.1 Å². The Hall–Kier alpha value is 1.10. The zero-order valence-electron chi connectivity index (χ0n) is 5.14. The van der Waals surface area contributed by atoms with Gasteiger partial charge in [0.1, 0.15) is 0 Å². The Kier molecular flexibility index (Phi) is 4.48. The van der Waals surface area contributed by atoms with E-state index in [1.807, 2.05) is 0 Å². The van der Waals surface area contributed by atoms with E-state index < -0.39 is 0 Å². The zero-order valence-corrected chi connectivity index (χ0v) is 10.1. The third kappa shape index (κ3) is 2.62. The molecular weight excluding hydrogens is 301 g/mol. The van der Waals surface area contributed by atoms with Crippen LogP contribution in [0.3, 0.4) is 0 Å². The predicted octanol–water partition coefficient (Wildman–Crippen LogP) is 2.41. The van der Waals surface area contributed by atoms with Crippen LogP contribution in [0.1, 0.15) is 0 Å². The molecule has 0 N–H and O–H groups in total. The summed E-state index contributed by atoms with van der Waals surface area (Å²) < 4.78 is 2.79. The Morgan fingerprint density at radius 1 is 1.10 bits per heavy atom. The van der Waals surface area contributed by atoms with Crippen LogP contribution in [-0.2, 0) is 0 Å². The van der Waals surface area contributed by atoms with E-state index in [-0.39, 0.29) is 0 Å². The average Bonchev–Trinajstić information content (AvgIpc) is 2.05. The third-order valence-corrected chi connectivity index (χ3v) is 8.32. The molecule has 0 atom stereocenters. The summed E-state index contributed by atoms with van der Waals surface area (Å²) >= 11 is 12.4. The van der Waals surface area contributed by atoms with Crippen molar-refractivity contribution in [3.63, 3.8) is 0 Å². The van der Waals surface area contributed by atoms with E-state index in [1.54, 1.807) is 11.1 Å². The summed E-state index contributed by atoms with van der Waals surface area (Å²) in [6.45, 7) is 0. The molecule has 1 aliphatic rings. The Balaban J connectivity index is 2.56. The van der Waals surface area contributed by atoms with Crippen molar-refractivity contribution in [1.29, 1.82) is 0 Å². The van der Waals surface area contributed by atoms with E-state index in [4.69, 9.17) is 23.2 Å². The van der Waals surface area contributed by atoms with Gasteiger partial charge in [-0.1, -0.05) is 0 Å². The average molecular weight is 307 g/mol. The van der Waals surface area contributed by atoms with E-state index in [0.717, 1.165) is 0 Å². The Morgan fingerprint density at radius 3 is 2.00 bits per heavy atom. The quantitative estimate of drug-likeness (QED) is 0.603. The van der Waals surface area contributed by atoms with E-state index in [1.165, 1.54) is 19.6 Å². The number of rotatable bonds is 0. The molecule has 0 unspecified atom stereocenters. The molecule has 0 aromatic carbocycles. The van der Waals surface area contributed by atoms with Crippen LogP contribution in [0.4, 0.5) is 0 Å². The first kappa shape index (κ1) is 9.19. The van der Waals surface area contributed by atoms with Crippen LogP contribution in [0.15, 0.2) is 20.0 Å². The SMILES string of the molecule is Cl/C=C1/C[Se]C/C(=C\Cl)[Se]1. The molecule has 1 saturated heterocycles. The van der Waals surface area contributed by atoms with Gasteiger partial charge in [-0.25, -0.2) is 0 Å².